The van der Waals surface area contributed by atoms with Gasteiger partial charge in [0.1, 0.15) is 17.6 Å². The van der Waals surface area contributed by atoms with Crippen molar-refractivity contribution < 1.29 is 24.2 Å². The number of rotatable bonds is 7. The molecule has 0 saturated carbocycles. The lowest BCUT2D eigenvalue weighted by Crippen LogP contribution is -2.39. The number of amides is 1. The fourth-order valence-corrected chi connectivity index (χ4v) is 4.17. The highest BCUT2D eigenvalue weighted by molar-refractivity contribution is 6.46. The molecule has 8 nitrogen and oxygen atoms in total. The van der Waals surface area contributed by atoms with E-state index < -0.39 is 17.7 Å². The molecule has 1 aromatic heterocycles. The summed E-state index contributed by atoms with van der Waals surface area (Å²) in [6.07, 6.45) is 2.32. The molecule has 0 spiro atoms. The molecule has 1 amide bonds. The number of hydrogen-bond donors (Lipinski definition) is 1. The van der Waals surface area contributed by atoms with Crippen LogP contribution in [0.2, 0.25) is 0 Å². The maximum Gasteiger partial charge on any atom is 0.295 e. The first kappa shape index (κ1) is 22.0. The Balaban J connectivity index is 1.65. The van der Waals surface area contributed by atoms with Crippen molar-refractivity contribution in [3.05, 3.63) is 65.5 Å². The molecular formula is C24H27N3O5. The van der Waals surface area contributed by atoms with Crippen molar-refractivity contribution in [2.75, 3.05) is 46.5 Å². The lowest BCUT2D eigenvalue weighted by atomic mass is 9.98. The number of morpholine rings is 1. The van der Waals surface area contributed by atoms with Gasteiger partial charge in [0.15, 0.2) is 0 Å². The lowest BCUT2D eigenvalue weighted by molar-refractivity contribution is -0.140. The van der Waals surface area contributed by atoms with Crippen molar-refractivity contribution >= 4 is 17.4 Å². The number of nitrogens with zero attached hydrogens (tertiary/aromatic N) is 3. The van der Waals surface area contributed by atoms with Gasteiger partial charge in [0.05, 0.1) is 31.6 Å². The van der Waals surface area contributed by atoms with Gasteiger partial charge in [-0.25, -0.2) is 0 Å². The van der Waals surface area contributed by atoms with Crippen LogP contribution in [0.15, 0.2) is 54.2 Å². The number of aromatic nitrogens is 1. The molecule has 3 heterocycles. The van der Waals surface area contributed by atoms with Crippen molar-refractivity contribution in [2.45, 2.75) is 12.5 Å². The second kappa shape index (κ2) is 9.93. The van der Waals surface area contributed by atoms with Crippen LogP contribution < -0.4 is 4.74 Å². The Kier molecular flexibility index (Phi) is 6.82. The zero-order valence-electron chi connectivity index (χ0n) is 18.1. The van der Waals surface area contributed by atoms with Gasteiger partial charge in [0.25, 0.3) is 11.7 Å². The Bertz CT molecular complexity index is 1000. The van der Waals surface area contributed by atoms with E-state index in [-0.39, 0.29) is 11.3 Å². The third-order valence-electron chi connectivity index (χ3n) is 5.83. The number of aliphatic hydroxyl groups excluding tert-OH is 1. The van der Waals surface area contributed by atoms with Gasteiger partial charge >= 0.3 is 0 Å². The van der Waals surface area contributed by atoms with Gasteiger partial charge in [0.2, 0.25) is 0 Å². The number of carbonyl (C=O) groups excluding carboxylic acids is 2. The first-order valence-electron chi connectivity index (χ1n) is 10.7. The van der Waals surface area contributed by atoms with E-state index in [1.165, 1.54) is 12.0 Å². The van der Waals surface area contributed by atoms with Crippen LogP contribution in [-0.4, -0.2) is 78.1 Å². The predicted octanol–water partition coefficient (Wildman–Crippen LogP) is 2.23. The first-order valence-corrected chi connectivity index (χ1v) is 10.7. The van der Waals surface area contributed by atoms with Crippen molar-refractivity contribution in [1.29, 1.82) is 0 Å². The number of pyridine rings is 1. The fraction of sp³-hybridized carbons (Fsp3) is 0.375. The van der Waals surface area contributed by atoms with Crippen LogP contribution in [0.4, 0.5) is 0 Å². The Labute approximate surface area is 187 Å². The van der Waals surface area contributed by atoms with Gasteiger partial charge in [-0.15, -0.1) is 0 Å². The third kappa shape index (κ3) is 4.51. The van der Waals surface area contributed by atoms with Crippen molar-refractivity contribution in [2.24, 2.45) is 0 Å². The van der Waals surface area contributed by atoms with Crippen LogP contribution in [0.5, 0.6) is 5.75 Å². The molecule has 0 radical (unpaired) electrons. The van der Waals surface area contributed by atoms with Gasteiger partial charge in [-0.05, 0) is 30.7 Å². The number of hydrogen-bond acceptors (Lipinski definition) is 7. The summed E-state index contributed by atoms with van der Waals surface area (Å²) in [6, 6.07) is 11.4. The van der Waals surface area contributed by atoms with E-state index in [1.807, 2.05) is 6.07 Å². The molecule has 2 aliphatic rings. The van der Waals surface area contributed by atoms with Gasteiger partial charge in [0, 0.05) is 37.9 Å². The number of carbonyl (C=O) groups is 2. The number of aliphatic hydroxyl groups is 1. The maximum absolute atomic E-state index is 13.0. The minimum absolute atomic E-state index is 0.0494. The van der Waals surface area contributed by atoms with Crippen LogP contribution in [0, 0.1) is 0 Å². The molecule has 2 aliphatic heterocycles. The number of ketones is 1. The summed E-state index contributed by atoms with van der Waals surface area (Å²) in [6.45, 7) is 4.32. The van der Waals surface area contributed by atoms with Gasteiger partial charge in [-0.2, -0.15) is 0 Å². The summed E-state index contributed by atoms with van der Waals surface area (Å²) in [5, 5.41) is 11.1. The average molecular weight is 437 g/mol. The van der Waals surface area contributed by atoms with E-state index in [1.54, 1.807) is 42.6 Å². The minimum Gasteiger partial charge on any atom is -0.507 e. The summed E-state index contributed by atoms with van der Waals surface area (Å²) in [5.41, 5.74) is 1.01. The molecule has 1 atom stereocenters. The highest BCUT2D eigenvalue weighted by Gasteiger charge is 2.46. The van der Waals surface area contributed by atoms with Gasteiger partial charge < -0.3 is 19.5 Å². The second-order valence-corrected chi connectivity index (χ2v) is 7.79. The monoisotopic (exact) mass is 437 g/mol. The minimum atomic E-state index is -0.743. The highest BCUT2D eigenvalue weighted by Crippen LogP contribution is 2.39. The zero-order chi connectivity index (χ0) is 22.5. The third-order valence-corrected chi connectivity index (χ3v) is 5.83. The van der Waals surface area contributed by atoms with Crippen LogP contribution in [0.25, 0.3) is 5.76 Å². The normalized spacial score (nSPS) is 21.2. The van der Waals surface area contributed by atoms with Gasteiger partial charge in [-0.1, -0.05) is 18.2 Å². The number of Topliss-reactive ketones (excluding diaryl/α,β-unsaturated/α-hetero) is 1. The van der Waals surface area contributed by atoms with Crippen molar-refractivity contribution in [1.82, 2.24) is 14.8 Å². The first-order chi connectivity index (χ1) is 15.6. The number of methoxy groups -OCH3 is 1. The van der Waals surface area contributed by atoms with E-state index >= 15 is 0 Å². The molecule has 8 heteroatoms. The largest absolute Gasteiger partial charge is 0.507 e. The molecule has 2 saturated heterocycles. The molecule has 4 rings (SSSR count). The summed E-state index contributed by atoms with van der Waals surface area (Å²) in [4.78, 5) is 34.2. The Hall–Kier alpha value is -3.23. The number of ether oxygens (including phenoxy) is 2. The molecule has 0 unspecified atom stereocenters. The highest BCUT2D eigenvalue weighted by atomic mass is 16.5. The molecule has 32 heavy (non-hydrogen) atoms. The van der Waals surface area contributed by atoms with Crippen LogP contribution in [-0.2, 0) is 14.3 Å². The number of likely N-dealkylation sites (tertiary alicyclic amines) is 1. The van der Waals surface area contributed by atoms with Crippen LogP contribution in [0.3, 0.4) is 0 Å². The maximum atomic E-state index is 13.0. The second-order valence-electron chi connectivity index (χ2n) is 7.79. The van der Waals surface area contributed by atoms with Crippen molar-refractivity contribution in [3.8, 4) is 5.75 Å². The lowest BCUT2D eigenvalue weighted by Gasteiger charge is -2.28. The van der Waals surface area contributed by atoms with Crippen molar-refractivity contribution in [3.63, 3.8) is 0 Å². The molecule has 1 N–H and O–H groups in total. The van der Waals surface area contributed by atoms with Gasteiger partial charge in [-0.3, -0.25) is 19.5 Å². The summed E-state index contributed by atoms with van der Waals surface area (Å²) >= 11 is 0. The molecule has 2 fully saturated rings. The fourth-order valence-electron chi connectivity index (χ4n) is 4.17. The Morgan fingerprint density at radius 3 is 2.69 bits per heavy atom. The predicted molar refractivity (Wildman–Crippen MR) is 118 cm³/mol. The molecular weight excluding hydrogens is 410 g/mol. The molecule has 168 valence electrons. The smallest absolute Gasteiger partial charge is 0.295 e. The van der Waals surface area contributed by atoms with Crippen LogP contribution >= 0.6 is 0 Å². The van der Waals surface area contributed by atoms with E-state index in [0.29, 0.717) is 43.2 Å². The summed E-state index contributed by atoms with van der Waals surface area (Å²) < 4.78 is 10.6. The molecule has 1 aromatic carbocycles. The molecule has 2 aromatic rings. The zero-order valence-corrected chi connectivity index (χ0v) is 18.1. The summed E-state index contributed by atoms with van der Waals surface area (Å²) in [5.74, 6) is -1.00. The Morgan fingerprint density at radius 2 is 1.97 bits per heavy atom. The van der Waals surface area contributed by atoms with Crippen LogP contribution in [0.1, 0.15) is 23.7 Å². The molecule has 0 bridgehead atoms. The van der Waals surface area contributed by atoms with E-state index in [9.17, 15) is 14.7 Å². The van der Waals surface area contributed by atoms with E-state index in [2.05, 4.69) is 9.88 Å². The summed E-state index contributed by atoms with van der Waals surface area (Å²) in [7, 11) is 1.53. The number of benzene rings is 1. The standard InChI is InChI=1S/C24H27N3O5/c1-31-18-7-4-6-17(16-18)22(28)20-21(19-8-2-3-9-25-19)27(24(30)23(20)29)11-5-10-26-12-14-32-15-13-26/h2-4,6-9,16,21,28H,5,10-15H2,1H3/b22-20+/t21-/m0/s1. The quantitative estimate of drug-likeness (QED) is 0.403. The SMILES string of the molecule is COc1cccc(/C(O)=C2\C(=O)C(=O)N(CCCN3CCOCC3)[C@H]2c2ccccn2)c1. The molecule has 0 aliphatic carbocycles. The topological polar surface area (TPSA) is 92.2 Å². The van der Waals surface area contributed by atoms with E-state index in [0.717, 1.165) is 19.6 Å². The Morgan fingerprint density at radius 1 is 1.16 bits per heavy atom. The average Bonchev–Trinajstić information content (AvgIpc) is 3.10. The van der Waals surface area contributed by atoms with E-state index in [4.69, 9.17) is 9.47 Å².